The van der Waals surface area contributed by atoms with Crippen molar-refractivity contribution >= 4 is 38.4 Å². The normalized spacial score (nSPS) is 11.2. The maximum atomic E-state index is 6.34. The molecule has 102 valence electrons. The van der Waals surface area contributed by atoms with Crippen molar-refractivity contribution in [3.05, 3.63) is 69.3 Å². The predicted molar refractivity (Wildman–Crippen MR) is 88.1 cm³/mol. The van der Waals surface area contributed by atoms with Gasteiger partial charge >= 0.3 is 0 Å². The van der Waals surface area contributed by atoms with Gasteiger partial charge in [0.25, 0.3) is 0 Å². The lowest BCUT2D eigenvalue weighted by molar-refractivity contribution is 0.834. The molecular formula is C16H14BrClN2. The SMILES string of the molecule is NCc1ccc(Cn2cc(Br)c3ccccc32)c(Cl)c1. The van der Waals surface area contributed by atoms with Gasteiger partial charge in [0.15, 0.2) is 0 Å². The third kappa shape index (κ3) is 2.49. The van der Waals surface area contributed by atoms with Crippen molar-refractivity contribution in [3.8, 4) is 0 Å². The Bertz CT molecular complexity index is 764. The summed E-state index contributed by atoms with van der Waals surface area (Å²) in [6.07, 6.45) is 2.10. The fourth-order valence-corrected chi connectivity index (χ4v) is 3.21. The van der Waals surface area contributed by atoms with Crippen LogP contribution in [0.3, 0.4) is 0 Å². The van der Waals surface area contributed by atoms with Crippen LogP contribution in [-0.4, -0.2) is 4.57 Å². The molecule has 0 bridgehead atoms. The van der Waals surface area contributed by atoms with Crippen molar-refractivity contribution in [3.63, 3.8) is 0 Å². The Kier molecular flexibility index (Phi) is 3.83. The quantitative estimate of drug-likeness (QED) is 0.738. The van der Waals surface area contributed by atoms with Gasteiger partial charge in [0.1, 0.15) is 0 Å². The number of nitrogens with zero attached hydrogens (tertiary/aromatic N) is 1. The first-order valence-corrected chi connectivity index (χ1v) is 7.57. The zero-order valence-electron chi connectivity index (χ0n) is 10.8. The minimum atomic E-state index is 0.512. The van der Waals surface area contributed by atoms with Crippen LogP contribution in [0.2, 0.25) is 5.02 Å². The second-order valence-corrected chi connectivity index (χ2v) is 6.01. The van der Waals surface area contributed by atoms with E-state index in [1.165, 1.54) is 10.9 Å². The van der Waals surface area contributed by atoms with Gasteiger partial charge in [0.2, 0.25) is 0 Å². The summed E-state index contributed by atoms with van der Waals surface area (Å²) in [5, 5.41) is 1.98. The van der Waals surface area contributed by atoms with E-state index in [0.29, 0.717) is 6.54 Å². The monoisotopic (exact) mass is 348 g/mol. The lowest BCUT2D eigenvalue weighted by atomic mass is 10.1. The summed E-state index contributed by atoms with van der Waals surface area (Å²) in [5.41, 5.74) is 8.97. The molecule has 0 aliphatic rings. The largest absolute Gasteiger partial charge is 0.342 e. The molecule has 1 aromatic heterocycles. The topological polar surface area (TPSA) is 30.9 Å². The molecule has 0 radical (unpaired) electrons. The summed E-state index contributed by atoms with van der Waals surface area (Å²) < 4.78 is 3.30. The van der Waals surface area contributed by atoms with Gasteiger partial charge in [-0.1, -0.05) is 41.9 Å². The summed E-state index contributed by atoms with van der Waals surface area (Å²) in [4.78, 5) is 0. The lowest BCUT2D eigenvalue weighted by Crippen LogP contribution is -2.01. The molecule has 0 aliphatic carbocycles. The van der Waals surface area contributed by atoms with Crippen LogP contribution in [0.1, 0.15) is 11.1 Å². The average Bonchev–Trinajstić information content (AvgIpc) is 2.78. The standard InChI is InChI=1S/C16H14BrClN2/c17-14-10-20(16-4-2-1-3-13(14)16)9-12-6-5-11(8-19)7-15(12)18/h1-7,10H,8-9,19H2. The minimum Gasteiger partial charge on any atom is -0.342 e. The van der Waals surface area contributed by atoms with E-state index in [0.717, 1.165) is 27.2 Å². The molecule has 0 aliphatic heterocycles. The van der Waals surface area contributed by atoms with Crippen LogP contribution in [-0.2, 0) is 13.1 Å². The summed E-state index contributed by atoms with van der Waals surface area (Å²) in [6.45, 7) is 1.26. The van der Waals surface area contributed by atoms with Crippen molar-refractivity contribution in [1.29, 1.82) is 0 Å². The van der Waals surface area contributed by atoms with E-state index in [1.807, 2.05) is 30.3 Å². The number of aromatic nitrogens is 1. The first-order valence-electron chi connectivity index (χ1n) is 6.40. The third-order valence-electron chi connectivity index (χ3n) is 3.43. The summed E-state index contributed by atoms with van der Waals surface area (Å²) >= 11 is 9.94. The molecule has 20 heavy (non-hydrogen) atoms. The molecule has 1 heterocycles. The molecule has 2 nitrogen and oxygen atoms in total. The Balaban J connectivity index is 2.01. The predicted octanol–water partition coefficient (Wildman–Crippen LogP) is 4.56. The van der Waals surface area contributed by atoms with E-state index >= 15 is 0 Å². The highest BCUT2D eigenvalue weighted by atomic mass is 79.9. The van der Waals surface area contributed by atoms with Gasteiger partial charge in [-0.2, -0.15) is 0 Å². The highest BCUT2D eigenvalue weighted by Gasteiger charge is 2.08. The van der Waals surface area contributed by atoms with Crippen LogP contribution in [0.25, 0.3) is 10.9 Å². The Morgan fingerprint density at radius 2 is 1.95 bits per heavy atom. The van der Waals surface area contributed by atoms with Gasteiger partial charge < -0.3 is 10.3 Å². The molecule has 0 atom stereocenters. The van der Waals surface area contributed by atoms with E-state index < -0.39 is 0 Å². The van der Waals surface area contributed by atoms with Crippen molar-refractivity contribution < 1.29 is 0 Å². The van der Waals surface area contributed by atoms with Crippen LogP contribution in [0.4, 0.5) is 0 Å². The highest BCUT2D eigenvalue weighted by Crippen LogP contribution is 2.28. The van der Waals surface area contributed by atoms with Gasteiger partial charge in [-0.05, 0) is 39.2 Å². The van der Waals surface area contributed by atoms with Crippen molar-refractivity contribution in [2.75, 3.05) is 0 Å². The maximum Gasteiger partial charge on any atom is 0.0495 e. The molecule has 3 rings (SSSR count). The van der Waals surface area contributed by atoms with E-state index in [1.54, 1.807) is 0 Å². The second-order valence-electron chi connectivity index (χ2n) is 4.75. The number of halogens is 2. The maximum absolute atomic E-state index is 6.34. The van der Waals surface area contributed by atoms with Crippen LogP contribution >= 0.6 is 27.5 Å². The molecule has 0 amide bonds. The van der Waals surface area contributed by atoms with Crippen molar-refractivity contribution in [1.82, 2.24) is 4.57 Å². The molecule has 2 N–H and O–H groups in total. The Morgan fingerprint density at radius 3 is 2.70 bits per heavy atom. The molecule has 2 aromatic carbocycles. The fourth-order valence-electron chi connectivity index (χ4n) is 2.36. The number of benzene rings is 2. The molecule has 4 heteroatoms. The first kappa shape index (κ1) is 13.7. The third-order valence-corrected chi connectivity index (χ3v) is 4.42. The fraction of sp³-hybridized carbons (Fsp3) is 0.125. The Labute approximate surface area is 131 Å². The van der Waals surface area contributed by atoms with Crippen LogP contribution in [0.5, 0.6) is 0 Å². The van der Waals surface area contributed by atoms with Crippen molar-refractivity contribution in [2.24, 2.45) is 5.73 Å². The van der Waals surface area contributed by atoms with E-state index in [-0.39, 0.29) is 0 Å². The second kappa shape index (κ2) is 5.60. The van der Waals surface area contributed by atoms with Crippen LogP contribution < -0.4 is 5.73 Å². The van der Waals surface area contributed by atoms with Gasteiger partial charge in [-0.15, -0.1) is 0 Å². The number of hydrogen-bond acceptors (Lipinski definition) is 1. The summed E-state index contributed by atoms with van der Waals surface area (Å²) in [6, 6.07) is 14.3. The average molecular weight is 350 g/mol. The molecule has 0 saturated heterocycles. The number of nitrogens with two attached hydrogens (primary N) is 1. The van der Waals surface area contributed by atoms with Crippen molar-refractivity contribution in [2.45, 2.75) is 13.1 Å². The zero-order valence-corrected chi connectivity index (χ0v) is 13.2. The van der Waals surface area contributed by atoms with Gasteiger partial charge in [0.05, 0.1) is 0 Å². The molecule has 0 saturated carbocycles. The van der Waals surface area contributed by atoms with E-state index in [9.17, 15) is 0 Å². The van der Waals surface area contributed by atoms with E-state index in [4.69, 9.17) is 17.3 Å². The van der Waals surface area contributed by atoms with Gasteiger partial charge in [0, 0.05) is 39.7 Å². The van der Waals surface area contributed by atoms with Gasteiger partial charge in [-0.3, -0.25) is 0 Å². The summed E-state index contributed by atoms with van der Waals surface area (Å²) in [7, 11) is 0. The number of hydrogen-bond donors (Lipinski definition) is 1. The first-order chi connectivity index (χ1) is 9.69. The smallest absolute Gasteiger partial charge is 0.0495 e. The molecule has 0 fully saturated rings. The minimum absolute atomic E-state index is 0.512. The number of fused-ring (bicyclic) bond motifs is 1. The molecule has 0 unspecified atom stereocenters. The highest BCUT2D eigenvalue weighted by molar-refractivity contribution is 9.10. The van der Waals surface area contributed by atoms with Crippen LogP contribution in [0, 0.1) is 0 Å². The number of para-hydroxylation sites is 1. The molecule has 3 aromatic rings. The Morgan fingerprint density at radius 1 is 1.15 bits per heavy atom. The van der Waals surface area contributed by atoms with E-state index in [2.05, 4.69) is 38.8 Å². The van der Waals surface area contributed by atoms with Gasteiger partial charge in [-0.25, -0.2) is 0 Å². The van der Waals surface area contributed by atoms with Crippen LogP contribution in [0.15, 0.2) is 53.1 Å². The Hall–Kier alpha value is -1.29. The zero-order chi connectivity index (χ0) is 14.1. The summed E-state index contributed by atoms with van der Waals surface area (Å²) in [5.74, 6) is 0. The molecular weight excluding hydrogens is 336 g/mol. The molecule has 0 spiro atoms. The number of rotatable bonds is 3. The lowest BCUT2D eigenvalue weighted by Gasteiger charge is -2.09.